The van der Waals surface area contributed by atoms with Crippen LogP contribution < -0.4 is 0 Å². The van der Waals surface area contributed by atoms with Crippen molar-refractivity contribution in [1.29, 1.82) is 0 Å². The van der Waals surface area contributed by atoms with Crippen LogP contribution in [0.25, 0.3) is 0 Å². The molecule has 5 amide bonds. The van der Waals surface area contributed by atoms with E-state index < -0.39 is 24.1 Å². The summed E-state index contributed by atoms with van der Waals surface area (Å²) in [6.45, 7) is 12.9. The number of carbonyl (C=O) groups is 7. The molecular weight excluding hydrogens is 865 g/mol. The van der Waals surface area contributed by atoms with Gasteiger partial charge in [-0.05, 0) is 80.6 Å². The predicted octanol–water partition coefficient (Wildman–Crippen LogP) is 6.12. The van der Waals surface area contributed by atoms with Crippen molar-refractivity contribution in [2.75, 3.05) is 27.2 Å². The van der Waals surface area contributed by atoms with E-state index in [1.807, 2.05) is 60.9 Å². The molecule has 1 saturated carbocycles. The number of tetrazole rings is 1. The number of ether oxygens (including phenoxy) is 1. The number of imide groups is 1. The molecule has 3 aliphatic heterocycles. The number of amides is 5. The van der Waals surface area contributed by atoms with Crippen LogP contribution >= 0.6 is 0 Å². The van der Waals surface area contributed by atoms with Gasteiger partial charge in [-0.25, -0.2) is 0 Å². The number of Topliss-reactive ketones (excluding diaryl/α,β-unsaturated/α-hetero) is 2. The van der Waals surface area contributed by atoms with Gasteiger partial charge in [0, 0.05) is 88.5 Å². The summed E-state index contributed by atoms with van der Waals surface area (Å²) in [6.07, 6.45) is 9.85. The molecule has 4 aliphatic rings. The molecular formula is C52H76N8O8. The third-order valence-electron chi connectivity index (χ3n) is 16.0. The van der Waals surface area contributed by atoms with E-state index in [1.165, 1.54) is 17.1 Å². The molecule has 0 unspecified atom stereocenters. The molecule has 16 nitrogen and oxygen atoms in total. The summed E-state index contributed by atoms with van der Waals surface area (Å²) in [5, 5.41) is 14.7. The van der Waals surface area contributed by atoms with Crippen LogP contribution in [0.4, 0.5) is 0 Å². The first-order chi connectivity index (χ1) is 32.6. The van der Waals surface area contributed by atoms with E-state index in [0.29, 0.717) is 44.6 Å². The van der Waals surface area contributed by atoms with Crippen molar-refractivity contribution < 1.29 is 38.3 Å². The average molecular weight is 941 g/mol. The molecule has 2 bridgehead atoms. The van der Waals surface area contributed by atoms with Crippen molar-refractivity contribution in [3.8, 4) is 0 Å². The molecule has 3 fully saturated rings. The first-order valence-corrected chi connectivity index (χ1v) is 25.3. The van der Waals surface area contributed by atoms with E-state index in [9.17, 15) is 33.6 Å². The number of aromatic amines is 1. The molecule has 372 valence electrons. The number of nitrogens with zero attached hydrogens (tertiary/aromatic N) is 7. The fourth-order valence-corrected chi connectivity index (χ4v) is 11.7. The number of hydrogen-bond acceptors (Lipinski definition) is 11. The second-order valence-electron chi connectivity index (χ2n) is 20.5. The summed E-state index contributed by atoms with van der Waals surface area (Å²) in [6, 6.07) is 8.82. The Morgan fingerprint density at radius 2 is 1.62 bits per heavy atom. The second-order valence-corrected chi connectivity index (χ2v) is 20.5. The first kappa shape index (κ1) is 52.3. The average Bonchev–Trinajstić information content (AvgIpc) is 4.21. The van der Waals surface area contributed by atoms with Gasteiger partial charge in [0.1, 0.15) is 5.78 Å². The van der Waals surface area contributed by atoms with Gasteiger partial charge in [0.2, 0.25) is 17.7 Å². The van der Waals surface area contributed by atoms with Crippen LogP contribution in [-0.4, -0.2) is 139 Å². The standard InChI is InChI=1S/C52H76N8O8/c1-9-33(4)49(44(68-8)31-48(66)58-26-16-19-41(58)34(5)35(6)42(61)29-38(51-53-55-56-54-51)27-36-17-12-10-13-18-36)57(7)52(67)40(32(2)3)30-43(62)50-37-21-22-39(28-37)60(50)47(65)20-14-11-15-25-59-45(63)23-24-46(59)64/h10,12-13,17-18,23-24,32-35,37-41,44,49-50H,9,11,14-16,19-22,25-31H2,1-8H3,(H,53,54,55,56)/t33-,34+,35+,37-,38+,39+,40-,41-,44+,49-,50-/m0/s1. The van der Waals surface area contributed by atoms with Crippen LogP contribution in [0, 0.1) is 35.5 Å². The Hall–Kier alpha value is -5.12. The highest BCUT2D eigenvalue weighted by molar-refractivity contribution is 6.12. The summed E-state index contributed by atoms with van der Waals surface area (Å²) >= 11 is 0. The zero-order valence-corrected chi connectivity index (χ0v) is 41.7. The van der Waals surface area contributed by atoms with Crippen LogP contribution in [0.15, 0.2) is 42.5 Å². The third-order valence-corrected chi connectivity index (χ3v) is 16.0. The van der Waals surface area contributed by atoms with Gasteiger partial charge >= 0.3 is 0 Å². The number of hydrogen-bond donors (Lipinski definition) is 1. The number of aromatic nitrogens is 4. The lowest BCUT2D eigenvalue weighted by atomic mass is 9.81. The third kappa shape index (κ3) is 12.2. The SMILES string of the molecule is CC[C@H](C)[C@@H]([C@@H](CC(=O)N1CCC[C@H]1[C@H](C)[C@@H](C)C(=O)C[C@@H](Cc1ccccc1)c1nn[nH]n1)OC)N(C)C(=O)[C@@H](CC(=O)[C@@H]1[C@H]2CC[C@H](C2)N1C(=O)CCCCCN1C(=O)C=CC1=O)C(C)C. The van der Waals surface area contributed by atoms with E-state index in [4.69, 9.17) is 4.74 Å². The topological polar surface area (TPSA) is 196 Å². The molecule has 1 aromatic carbocycles. The predicted molar refractivity (Wildman–Crippen MR) is 255 cm³/mol. The van der Waals surface area contributed by atoms with E-state index in [1.54, 1.807) is 19.1 Å². The quantitative estimate of drug-likeness (QED) is 0.0843. The number of fused-ring (bicyclic) bond motifs is 2. The highest BCUT2D eigenvalue weighted by atomic mass is 16.5. The Balaban J connectivity index is 1.07. The van der Waals surface area contributed by atoms with E-state index in [2.05, 4.69) is 41.4 Å². The molecule has 2 aromatic rings. The Bertz CT molecular complexity index is 2080. The highest BCUT2D eigenvalue weighted by Gasteiger charge is 2.51. The highest BCUT2D eigenvalue weighted by Crippen LogP contribution is 2.44. The molecule has 0 spiro atoms. The number of unbranched alkanes of at least 4 members (excludes halogenated alkanes) is 2. The van der Waals surface area contributed by atoms with Gasteiger partial charge in [0.05, 0.1) is 24.6 Å². The van der Waals surface area contributed by atoms with Crippen LogP contribution in [0.3, 0.4) is 0 Å². The fraction of sp³-hybridized carbons (Fsp3) is 0.692. The zero-order valence-electron chi connectivity index (χ0n) is 41.7. The maximum Gasteiger partial charge on any atom is 0.253 e. The maximum absolute atomic E-state index is 14.8. The van der Waals surface area contributed by atoms with Gasteiger partial charge in [-0.1, -0.05) is 89.9 Å². The number of methoxy groups -OCH3 is 1. The molecule has 4 heterocycles. The summed E-state index contributed by atoms with van der Waals surface area (Å²) in [7, 11) is 3.35. The molecule has 6 rings (SSSR count). The summed E-state index contributed by atoms with van der Waals surface area (Å²) < 4.78 is 6.14. The number of nitrogens with one attached hydrogen (secondary N) is 1. The first-order valence-electron chi connectivity index (χ1n) is 25.3. The van der Waals surface area contributed by atoms with Gasteiger partial charge in [-0.15, -0.1) is 10.2 Å². The van der Waals surface area contributed by atoms with Gasteiger partial charge in [-0.3, -0.25) is 38.5 Å². The zero-order chi connectivity index (χ0) is 49.2. The smallest absolute Gasteiger partial charge is 0.253 e. The number of rotatable bonds is 26. The van der Waals surface area contributed by atoms with Crippen LogP contribution in [0.1, 0.15) is 142 Å². The lowest BCUT2D eigenvalue weighted by Gasteiger charge is -2.41. The van der Waals surface area contributed by atoms with Crippen molar-refractivity contribution in [2.24, 2.45) is 35.5 Å². The monoisotopic (exact) mass is 941 g/mol. The number of carbonyl (C=O) groups excluding carboxylic acids is 7. The van der Waals surface area contributed by atoms with Gasteiger partial charge in [0.15, 0.2) is 11.6 Å². The Labute approximate surface area is 402 Å². The molecule has 16 heteroatoms. The molecule has 1 N–H and O–H groups in total. The van der Waals surface area contributed by atoms with E-state index in [-0.39, 0.29) is 114 Å². The van der Waals surface area contributed by atoms with Crippen molar-refractivity contribution >= 4 is 41.1 Å². The van der Waals surface area contributed by atoms with Crippen molar-refractivity contribution in [3.05, 3.63) is 53.9 Å². The van der Waals surface area contributed by atoms with E-state index in [0.717, 1.165) is 44.1 Å². The normalized spacial score (nSPS) is 23.2. The number of likely N-dealkylation sites (N-methyl/N-ethyl adjacent to an activating group) is 1. The Morgan fingerprint density at radius 1 is 0.897 bits per heavy atom. The second kappa shape index (κ2) is 23.9. The van der Waals surface area contributed by atoms with Gasteiger partial charge in [0.25, 0.3) is 11.8 Å². The Morgan fingerprint density at radius 3 is 2.26 bits per heavy atom. The molecule has 0 radical (unpaired) electrons. The number of ketones is 2. The fourth-order valence-electron chi connectivity index (χ4n) is 11.7. The van der Waals surface area contributed by atoms with E-state index >= 15 is 0 Å². The molecule has 1 aliphatic carbocycles. The number of likely N-dealkylation sites (tertiary alicyclic amines) is 2. The van der Waals surface area contributed by atoms with Crippen LogP contribution in [0.5, 0.6) is 0 Å². The molecule has 68 heavy (non-hydrogen) atoms. The van der Waals surface area contributed by atoms with Gasteiger partial charge < -0.3 is 19.4 Å². The van der Waals surface area contributed by atoms with Crippen LogP contribution in [-0.2, 0) is 44.7 Å². The Kier molecular flexibility index (Phi) is 18.4. The lowest BCUT2D eigenvalue weighted by molar-refractivity contribution is -0.149. The van der Waals surface area contributed by atoms with Crippen molar-refractivity contribution in [1.82, 2.24) is 40.2 Å². The lowest BCUT2D eigenvalue weighted by Crippen LogP contribution is -2.54. The summed E-state index contributed by atoms with van der Waals surface area (Å²) in [5.74, 6) is -1.86. The molecule has 11 atom stereocenters. The molecule has 1 aromatic heterocycles. The largest absolute Gasteiger partial charge is 0.379 e. The van der Waals surface area contributed by atoms with Gasteiger partial charge in [-0.2, -0.15) is 5.21 Å². The summed E-state index contributed by atoms with van der Waals surface area (Å²) in [5.41, 5.74) is 1.08. The number of H-pyrrole nitrogens is 1. The minimum absolute atomic E-state index is 0.0138. The van der Waals surface area contributed by atoms with Crippen LogP contribution in [0.2, 0.25) is 0 Å². The number of benzene rings is 1. The molecule has 2 saturated heterocycles. The minimum atomic E-state index is -0.635. The number of piperidine rings is 1. The summed E-state index contributed by atoms with van der Waals surface area (Å²) in [4.78, 5) is 102. The maximum atomic E-state index is 14.8. The minimum Gasteiger partial charge on any atom is -0.379 e. The van der Waals surface area contributed by atoms with Crippen molar-refractivity contribution in [3.63, 3.8) is 0 Å². The van der Waals surface area contributed by atoms with Crippen molar-refractivity contribution in [2.45, 2.75) is 168 Å².